The lowest BCUT2D eigenvalue weighted by atomic mass is 9.33. The van der Waals surface area contributed by atoms with Gasteiger partial charge in [0.1, 0.15) is 5.82 Å². The first-order chi connectivity index (χ1) is 17.4. The molecule has 3 aromatic heterocycles. The van der Waals surface area contributed by atoms with Crippen LogP contribution in [0, 0.1) is 12.3 Å². The zero-order chi connectivity index (χ0) is 26.3. The van der Waals surface area contributed by atoms with Gasteiger partial charge in [-0.05, 0) is 72.7 Å². The topological polar surface area (TPSA) is 69.9 Å². The van der Waals surface area contributed by atoms with Crippen molar-refractivity contribution in [2.24, 2.45) is 5.41 Å². The van der Waals surface area contributed by atoms with Crippen molar-refractivity contribution in [2.75, 3.05) is 6.61 Å². The van der Waals surface area contributed by atoms with Crippen molar-refractivity contribution in [1.29, 1.82) is 0 Å². The second kappa shape index (κ2) is 8.26. The first-order valence-corrected chi connectivity index (χ1v) is 12.7. The van der Waals surface area contributed by atoms with Crippen LogP contribution in [0.1, 0.15) is 73.5 Å². The van der Waals surface area contributed by atoms with Crippen molar-refractivity contribution in [3.8, 4) is 0 Å². The Morgan fingerprint density at radius 3 is 2.57 bits per heavy atom. The Morgan fingerprint density at radius 2 is 1.89 bits per heavy atom. The van der Waals surface area contributed by atoms with E-state index < -0.39 is 35.2 Å². The summed E-state index contributed by atoms with van der Waals surface area (Å²) in [6.45, 7) is -0.845. The number of rotatable bonds is 4. The molecule has 0 aromatic carbocycles. The summed E-state index contributed by atoms with van der Waals surface area (Å²) in [4.78, 5) is 25.9. The van der Waals surface area contributed by atoms with Crippen LogP contribution in [0.25, 0.3) is 11.0 Å². The highest BCUT2D eigenvalue weighted by atomic mass is 79.9. The van der Waals surface area contributed by atoms with Crippen molar-refractivity contribution in [3.63, 3.8) is 0 Å². The van der Waals surface area contributed by atoms with E-state index in [9.17, 15) is 26.7 Å². The van der Waals surface area contributed by atoms with E-state index in [2.05, 4.69) is 20.9 Å². The van der Waals surface area contributed by atoms with E-state index in [1.807, 2.05) is 13.0 Å². The minimum Gasteiger partial charge on any atom is -0.373 e. The maximum Gasteiger partial charge on any atom is 0.394 e. The Hall–Kier alpha value is -2.47. The molecule has 3 aliphatic carbocycles. The van der Waals surface area contributed by atoms with Crippen molar-refractivity contribution in [2.45, 2.75) is 69.2 Å². The summed E-state index contributed by atoms with van der Waals surface area (Å²) in [6.07, 6.45) is -2.74. The molecule has 4 aliphatic rings. The van der Waals surface area contributed by atoms with E-state index in [4.69, 9.17) is 14.7 Å². The van der Waals surface area contributed by atoms with Gasteiger partial charge in [0, 0.05) is 40.1 Å². The third-order valence-corrected chi connectivity index (χ3v) is 8.96. The van der Waals surface area contributed by atoms with E-state index >= 15 is 0 Å². The van der Waals surface area contributed by atoms with Crippen LogP contribution >= 0.6 is 15.9 Å². The normalized spacial score (nSPS) is 29.3. The third-order valence-electron chi connectivity index (χ3n) is 8.16. The van der Waals surface area contributed by atoms with E-state index in [-0.39, 0.29) is 25.2 Å². The van der Waals surface area contributed by atoms with Crippen LogP contribution in [0.15, 0.2) is 33.7 Å². The second-order valence-corrected chi connectivity index (χ2v) is 11.4. The van der Waals surface area contributed by atoms with Crippen LogP contribution in [0.5, 0.6) is 0 Å². The zero-order valence-electron chi connectivity index (χ0n) is 19.7. The van der Waals surface area contributed by atoms with Crippen molar-refractivity contribution >= 4 is 27.0 Å². The zero-order valence-corrected chi connectivity index (χ0v) is 21.2. The maximum atomic E-state index is 13.6. The molecule has 7 rings (SSSR count). The third kappa shape index (κ3) is 3.81. The average Bonchev–Trinajstić information content (AvgIpc) is 2.77. The summed E-state index contributed by atoms with van der Waals surface area (Å²) in [5.41, 5.74) is -0.920. The highest BCUT2D eigenvalue weighted by Gasteiger charge is 2.79. The lowest BCUT2D eigenvalue weighted by Crippen LogP contribution is -2.70. The Bertz CT molecular complexity index is 1450. The van der Waals surface area contributed by atoms with Gasteiger partial charge < -0.3 is 4.74 Å². The molecular weight excluding hydrogens is 563 g/mol. The van der Waals surface area contributed by atoms with Gasteiger partial charge in [0.15, 0.2) is 5.65 Å². The number of hydrogen-bond acceptors (Lipinski definition) is 5. The van der Waals surface area contributed by atoms with Crippen LogP contribution < -0.4 is 5.56 Å². The van der Waals surface area contributed by atoms with E-state index in [1.165, 1.54) is 6.07 Å². The SMILES string of the molecule is Cc1nc2nc(C3CCOC(c4ccc(=O)n(C(F)F)c4)C3)nc(C34CC(C(F)(F)F)(C3)C4)c2cc1Br. The highest BCUT2D eigenvalue weighted by molar-refractivity contribution is 9.10. The van der Waals surface area contributed by atoms with Gasteiger partial charge in [0.2, 0.25) is 0 Å². The fraction of sp³-hybridized carbons (Fsp3) is 0.520. The number of halogens is 6. The Labute approximate surface area is 216 Å². The van der Waals surface area contributed by atoms with Crippen molar-refractivity contribution in [3.05, 3.63) is 62.0 Å². The van der Waals surface area contributed by atoms with Crippen LogP contribution in [0.4, 0.5) is 22.0 Å². The molecule has 4 fully saturated rings. The van der Waals surface area contributed by atoms with Gasteiger partial charge in [-0.2, -0.15) is 22.0 Å². The number of alkyl halides is 5. The molecular formula is C25H22BrF5N4O2. The van der Waals surface area contributed by atoms with Crippen LogP contribution in [-0.2, 0) is 10.2 Å². The summed E-state index contributed by atoms with van der Waals surface area (Å²) in [5, 5.41) is 0.643. The molecule has 0 radical (unpaired) electrons. The highest BCUT2D eigenvalue weighted by Crippen LogP contribution is 2.78. The standard InChI is InChI=1S/C25H22BrF5N4O2/c1-12-16(26)7-15-19(23-9-24(10-23,11-23)25(29,30)31)33-20(34-21(15)32-12)13-4-5-37-17(6-13)14-2-3-18(36)35(8-14)22(27)28/h2-3,7-8,13,17,22H,4-6,9-11H2,1H3. The molecule has 3 saturated carbocycles. The molecule has 12 heteroatoms. The van der Waals surface area contributed by atoms with Crippen LogP contribution in [0.2, 0.25) is 0 Å². The van der Waals surface area contributed by atoms with Gasteiger partial charge in [-0.15, -0.1) is 0 Å². The number of ether oxygens (including phenoxy) is 1. The van der Waals surface area contributed by atoms with Gasteiger partial charge in [-0.3, -0.25) is 9.36 Å². The number of nitrogens with zero attached hydrogens (tertiary/aromatic N) is 4. The fourth-order valence-electron chi connectivity index (χ4n) is 6.19. The minimum absolute atomic E-state index is 0.00608. The molecule has 1 saturated heterocycles. The quantitative estimate of drug-likeness (QED) is 0.338. The first kappa shape index (κ1) is 24.8. The maximum absolute atomic E-state index is 13.6. The Kier molecular flexibility index (Phi) is 5.55. The summed E-state index contributed by atoms with van der Waals surface area (Å²) < 4.78 is 74.2. The van der Waals surface area contributed by atoms with Crippen LogP contribution in [0.3, 0.4) is 0 Å². The number of aromatic nitrogens is 4. The summed E-state index contributed by atoms with van der Waals surface area (Å²) >= 11 is 3.47. The lowest BCUT2D eigenvalue weighted by Gasteiger charge is -2.70. The predicted octanol–water partition coefficient (Wildman–Crippen LogP) is 6.27. The predicted molar refractivity (Wildman–Crippen MR) is 126 cm³/mol. The molecule has 2 atom stereocenters. The molecule has 3 aromatic rings. The lowest BCUT2D eigenvalue weighted by molar-refractivity contribution is -0.337. The molecule has 2 unspecified atom stereocenters. The number of hydrogen-bond donors (Lipinski definition) is 0. The van der Waals surface area contributed by atoms with E-state index in [1.54, 1.807) is 0 Å². The first-order valence-electron chi connectivity index (χ1n) is 12.0. The van der Waals surface area contributed by atoms with Gasteiger partial charge in [0.25, 0.3) is 5.56 Å². The van der Waals surface area contributed by atoms with Gasteiger partial charge >= 0.3 is 12.7 Å². The molecule has 2 bridgehead atoms. The summed E-state index contributed by atoms with van der Waals surface area (Å²) in [5.74, 6) is 0.251. The summed E-state index contributed by atoms with van der Waals surface area (Å²) in [6, 6.07) is 4.39. The number of aryl methyl sites for hydroxylation is 1. The fourth-order valence-corrected chi connectivity index (χ4v) is 6.51. The van der Waals surface area contributed by atoms with Crippen molar-refractivity contribution in [1.82, 2.24) is 19.5 Å². The molecule has 0 spiro atoms. The van der Waals surface area contributed by atoms with Crippen LogP contribution in [-0.4, -0.2) is 32.3 Å². The molecule has 6 nitrogen and oxygen atoms in total. The smallest absolute Gasteiger partial charge is 0.373 e. The largest absolute Gasteiger partial charge is 0.394 e. The molecule has 37 heavy (non-hydrogen) atoms. The van der Waals surface area contributed by atoms with Gasteiger partial charge in [-0.1, -0.05) is 0 Å². The Morgan fingerprint density at radius 1 is 1.16 bits per heavy atom. The number of fused-ring (bicyclic) bond motifs is 1. The molecule has 196 valence electrons. The molecule has 1 aliphatic heterocycles. The van der Waals surface area contributed by atoms with Gasteiger partial charge in [0.05, 0.1) is 22.9 Å². The average molecular weight is 585 g/mol. The Balaban J connectivity index is 1.37. The van der Waals surface area contributed by atoms with Gasteiger partial charge in [-0.25, -0.2) is 15.0 Å². The van der Waals surface area contributed by atoms with E-state index in [0.29, 0.717) is 57.8 Å². The molecule has 4 heterocycles. The second-order valence-electron chi connectivity index (χ2n) is 10.5. The molecule has 0 amide bonds. The minimum atomic E-state index is -4.24. The summed E-state index contributed by atoms with van der Waals surface area (Å²) in [7, 11) is 0. The van der Waals surface area contributed by atoms with E-state index in [0.717, 1.165) is 16.7 Å². The number of pyridine rings is 2. The van der Waals surface area contributed by atoms with Crippen molar-refractivity contribution < 1.29 is 26.7 Å². The monoisotopic (exact) mass is 584 g/mol. The molecule has 0 N–H and O–H groups in total.